The van der Waals surface area contributed by atoms with E-state index in [1.165, 1.54) is 0 Å². The van der Waals surface area contributed by atoms with Gasteiger partial charge in [0, 0.05) is 32.2 Å². The van der Waals surface area contributed by atoms with E-state index in [1.807, 2.05) is 0 Å². The van der Waals surface area contributed by atoms with Crippen molar-refractivity contribution in [2.75, 3.05) is 32.8 Å². The minimum atomic E-state index is 0.356. The predicted molar refractivity (Wildman–Crippen MR) is 52.8 cm³/mol. The van der Waals surface area contributed by atoms with E-state index in [-0.39, 0.29) is 0 Å². The van der Waals surface area contributed by atoms with Crippen LogP contribution in [0.3, 0.4) is 0 Å². The smallest absolute Gasteiger partial charge is 0.0713 e. The van der Waals surface area contributed by atoms with Gasteiger partial charge in [0.15, 0.2) is 0 Å². The molecule has 2 aliphatic heterocycles. The Morgan fingerprint density at radius 2 is 2.23 bits per heavy atom. The summed E-state index contributed by atoms with van der Waals surface area (Å²) >= 11 is 0. The number of morpholine rings is 1. The second kappa shape index (κ2) is 4.22. The van der Waals surface area contributed by atoms with Crippen molar-refractivity contribution in [3.63, 3.8) is 0 Å². The summed E-state index contributed by atoms with van der Waals surface area (Å²) in [7, 11) is 0. The summed E-state index contributed by atoms with van der Waals surface area (Å²) in [5, 5.41) is 3.50. The number of hydrogen-bond donors (Lipinski definition) is 1. The molecule has 13 heavy (non-hydrogen) atoms. The Hall–Kier alpha value is -0.380. The zero-order chi connectivity index (χ0) is 9.10. The van der Waals surface area contributed by atoms with Crippen molar-refractivity contribution in [1.29, 1.82) is 0 Å². The Morgan fingerprint density at radius 1 is 1.46 bits per heavy atom. The Balaban J connectivity index is 1.78. The molecule has 0 aromatic carbocycles. The van der Waals surface area contributed by atoms with Crippen molar-refractivity contribution in [3.05, 3.63) is 12.2 Å². The van der Waals surface area contributed by atoms with Crippen molar-refractivity contribution in [2.24, 2.45) is 0 Å². The van der Waals surface area contributed by atoms with Gasteiger partial charge in [0.2, 0.25) is 0 Å². The van der Waals surface area contributed by atoms with Gasteiger partial charge in [-0.05, 0) is 6.92 Å². The Bertz CT molecular complexity index is 185. The molecule has 2 rings (SSSR count). The van der Waals surface area contributed by atoms with E-state index < -0.39 is 0 Å². The highest BCUT2D eigenvalue weighted by molar-refractivity contribution is 4.97. The molecule has 3 heteroatoms. The van der Waals surface area contributed by atoms with E-state index in [0.717, 1.165) is 32.8 Å². The van der Waals surface area contributed by atoms with Crippen molar-refractivity contribution >= 4 is 0 Å². The summed E-state index contributed by atoms with van der Waals surface area (Å²) in [6, 6.07) is 0.508. The molecule has 0 saturated carbocycles. The summed E-state index contributed by atoms with van der Waals surface area (Å²) in [5.74, 6) is 0. The molecule has 0 aliphatic carbocycles. The molecule has 0 bridgehead atoms. The summed E-state index contributed by atoms with van der Waals surface area (Å²) in [5.41, 5.74) is 0. The molecule has 2 heterocycles. The van der Waals surface area contributed by atoms with Crippen LogP contribution < -0.4 is 5.32 Å². The summed E-state index contributed by atoms with van der Waals surface area (Å²) in [6.07, 6.45) is 4.82. The minimum Gasteiger partial charge on any atom is -0.376 e. The first kappa shape index (κ1) is 9.19. The Kier molecular flexibility index (Phi) is 2.98. The average Bonchev–Trinajstić information content (AvgIpc) is 2.61. The fraction of sp³-hybridized carbons (Fsp3) is 0.800. The maximum atomic E-state index is 5.59. The van der Waals surface area contributed by atoms with Crippen LogP contribution in [0.15, 0.2) is 12.2 Å². The third kappa shape index (κ3) is 2.30. The second-order valence-corrected chi connectivity index (χ2v) is 3.83. The maximum Gasteiger partial charge on any atom is 0.0713 e. The van der Waals surface area contributed by atoms with Crippen LogP contribution in [0.4, 0.5) is 0 Å². The number of nitrogens with one attached hydrogen (secondary N) is 1. The minimum absolute atomic E-state index is 0.356. The molecule has 0 spiro atoms. The van der Waals surface area contributed by atoms with Crippen molar-refractivity contribution in [3.8, 4) is 0 Å². The molecule has 2 unspecified atom stereocenters. The topological polar surface area (TPSA) is 24.5 Å². The number of rotatable bonds is 2. The fourth-order valence-corrected chi connectivity index (χ4v) is 1.93. The van der Waals surface area contributed by atoms with Crippen LogP contribution >= 0.6 is 0 Å². The molecular formula is C10H18N2O. The largest absolute Gasteiger partial charge is 0.376 e. The van der Waals surface area contributed by atoms with Gasteiger partial charge in [-0.2, -0.15) is 0 Å². The van der Waals surface area contributed by atoms with Gasteiger partial charge in [0.1, 0.15) is 0 Å². The summed E-state index contributed by atoms with van der Waals surface area (Å²) < 4.78 is 5.59. The lowest BCUT2D eigenvalue weighted by atomic mass is 10.1. The standard InChI is InChI=1S/C10H18N2O/c1-9-10(11-4-7-13-9)8-12-5-2-3-6-12/h2-3,9-11H,4-8H2,1H3. The Labute approximate surface area is 79.7 Å². The van der Waals surface area contributed by atoms with Crippen molar-refractivity contribution in [2.45, 2.75) is 19.1 Å². The second-order valence-electron chi connectivity index (χ2n) is 3.83. The molecule has 2 atom stereocenters. The van der Waals surface area contributed by atoms with Gasteiger partial charge in [-0.3, -0.25) is 4.90 Å². The summed E-state index contributed by atoms with van der Waals surface area (Å²) in [6.45, 7) is 7.32. The monoisotopic (exact) mass is 182 g/mol. The zero-order valence-electron chi connectivity index (χ0n) is 8.20. The number of hydrogen-bond acceptors (Lipinski definition) is 3. The van der Waals surface area contributed by atoms with Crippen LogP contribution in [0.5, 0.6) is 0 Å². The van der Waals surface area contributed by atoms with Gasteiger partial charge in [0.05, 0.1) is 12.7 Å². The van der Waals surface area contributed by atoms with E-state index in [2.05, 4.69) is 29.3 Å². The lowest BCUT2D eigenvalue weighted by Gasteiger charge is -2.33. The van der Waals surface area contributed by atoms with Crippen LogP contribution in [-0.2, 0) is 4.74 Å². The molecule has 0 aromatic heterocycles. The van der Waals surface area contributed by atoms with Gasteiger partial charge in [0.25, 0.3) is 0 Å². The highest BCUT2D eigenvalue weighted by Crippen LogP contribution is 2.08. The highest BCUT2D eigenvalue weighted by atomic mass is 16.5. The first-order valence-corrected chi connectivity index (χ1v) is 5.08. The first-order chi connectivity index (χ1) is 6.36. The average molecular weight is 182 g/mol. The molecule has 2 aliphatic rings. The normalized spacial score (nSPS) is 35.5. The van der Waals surface area contributed by atoms with Crippen LogP contribution in [0, 0.1) is 0 Å². The SMILES string of the molecule is CC1OCCNC1CN1CC=CC1. The predicted octanol–water partition coefficient (Wildman–Crippen LogP) is 0.235. The van der Waals surface area contributed by atoms with Gasteiger partial charge >= 0.3 is 0 Å². The maximum absolute atomic E-state index is 5.59. The van der Waals surface area contributed by atoms with Gasteiger partial charge in [-0.25, -0.2) is 0 Å². The Morgan fingerprint density at radius 3 is 2.92 bits per heavy atom. The third-order valence-electron chi connectivity index (χ3n) is 2.80. The molecule has 0 amide bonds. The van der Waals surface area contributed by atoms with Crippen LogP contribution in [0.1, 0.15) is 6.92 Å². The third-order valence-corrected chi connectivity index (χ3v) is 2.80. The van der Waals surface area contributed by atoms with E-state index in [1.54, 1.807) is 0 Å². The van der Waals surface area contributed by atoms with E-state index in [0.29, 0.717) is 12.1 Å². The quantitative estimate of drug-likeness (QED) is 0.619. The molecule has 1 saturated heterocycles. The van der Waals surface area contributed by atoms with Gasteiger partial charge in [-0.1, -0.05) is 12.2 Å². The highest BCUT2D eigenvalue weighted by Gasteiger charge is 2.23. The van der Waals surface area contributed by atoms with E-state index in [4.69, 9.17) is 4.74 Å². The first-order valence-electron chi connectivity index (χ1n) is 5.08. The molecule has 0 radical (unpaired) electrons. The number of ether oxygens (including phenoxy) is 1. The van der Waals surface area contributed by atoms with E-state index >= 15 is 0 Å². The molecule has 0 aromatic rings. The van der Waals surface area contributed by atoms with Gasteiger partial charge < -0.3 is 10.1 Å². The fourth-order valence-electron chi connectivity index (χ4n) is 1.93. The lowest BCUT2D eigenvalue weighted by molar-refractivity contribution is 0.000215. The van der Waals surface area contributed by atoms with E-state index in [9.17, 15) is 0 Å². The molecule has 3 nitrogen and oxygen atoms in total. The molecule has 1 N–H and O–H groups in total. The number of nitrogens with zero attached hydrogens (tertiary/aromatic N) is 1. The van der Waals surface area contributed by atoms with Crippen LogP contribution in [-0.4, -0.2) is 49.8 Å². The molecule has 74 valence electrons. The van der Waals surface area contributed by atoms with Crippen molar-refractivity contribution < 1.29 is 4.74 Å². The lowest BCUT2D eigenvalue weighted by Crippen LogP contribution is -2.52. The summed E-state index contributed by atoms with van der Waals surface area (Å²) in [4.78, 5) is 2.43. The van der Waals surface area contributed by atoms with Crippen LogP contribution in [0.2, 0.25) is 0 Å². The molecule has 1 fully saturated rings. The van der Waals surface area contributed by atoms with Gasteiger partial charge in [-0.15, -0.1) is 0 Å². The zero-order valence-corrected chi connectivity index (χ0v) is 8.20. The van der Waals surface area contributed by atoms with Crippen molar-refractivity contribution in [1.82, 2.24) is 10.2 Å². The van der Waals surface area contributed by atoms with Crippen LogP contribution in [0.25, 0.3) is 0 Å². The molecular weight excluding hydrogens is 164 g/mol.